The van der Waals surface area contributed by atoms with Crippen LogP contribution in [-0.2, 0) is 6.54 Å². The van der Waals surface area contributed by atoms with Gasteiger partial charge in [-0.05, 0) is 43.1 Å². The topological polar surface area (TPSA) is 12.0 Å². The van der Waals surface area contributed by atoms with Gasteiger partial charge < -0.3 is 5.32 Å². The van der Waals surface area contributed by atoms with Gasteiger partial charge in [0, 0.05) is 16.9 Å². The molecule has 0 unspecified atom stereocenters. The number of hydrogen-bond acceptors (Lipinski definition) is 1. The first kappa shape index (κ1) is 14.9. The van der Waals surface area contributed by atoms with E-state index in [1.807, 2.05) is 6.07 Å². The Morgan fingerprint density at radius 2 is 1.88 bits per heavy atom. The highest BCUT2D eigenvalue weighted by atomic mass is 79.9. The van der Waals surface area contributed by atoms with Gasteiger partial charge in [-0.25, -0.2) is 4.39 Å². The number of benzene rings is 1. The minimum absolute atomic E-state index is 0.196. The average Bonchev–Trinajstić information content (AvgIpc) is 2.26. The van der Waals surface area contributed by atoms with Crippen molar-refractivity contribution in [3.63, 3.8) is 0 Å². The summed E-state index contributed by atoms with van der Waals surface area (Å²) in [6, 6.07) is 4.96. The fourth-order valence-electron chi connectivity index (χ4n) is 1.64. The molecule has 0 heterocycles. The molecule has 0 saturated carbocycles. The highest BCUT2D eigenvalue weighted by Crippen LogP contribution is 2.14. The van der Waals surface area contributed by atoms with E-state index in [-0.39, 0.29) is 5.82 Å². The van der Waals surface area contributed by atoms with Crippen molar-refractivity contribution in [1.29, 1.82) is 0 Å². The van der Waals surface area contributed by atoms with Gasteiger partial charge in [-0.3, -0.25) is 0 Å². The third kappa shape index (κ3) is 7.02. The Balaban J connectivity index is 2.13. The molecule has 0 aliphatic rings. The molecule has 1 N–H and O–H groups in total. The number of unbranched alkanes of at least 4 members (excludes halogenated alkanes) is 3. The molecule has 0 bridgehead atoms. The molecule has 0 atom stereocenters. The summed E-state index contributed by atoms with van der Waals surface area (Å²) in [6.07, 6.45) is 4.63. The molecule has 1 aromatic rings. The highest BCUT2D eigenvalue weighted by Gasteiger charge is 1.98. The molecule has 4 heteroatoms. The zero-order valence-electron chi connectivity index (χ0n) is 9.82. The Bertz CT molecular complexity index is 313. The van der Waals surface area contributed by atoms with Crippen LogP contribution in [0.2, 0.25) is 0 Å². The number of halogens is 3. The van der Waals surface area contributed by atoms with Crippen LogP contribution in [0.5, 0.6) is 0 Å². The summed E-state index contributed by atoms with van der Waals surface area (Å²) >= 11 is 8.88. The Hall–Kier alpha value is -0.120. The summed E-state index contributed by atoms with van der Waals surface area (Å²) in [5.41, 5.74) is 0.970. The van der Waals surface area contributed by atoms with E-state index < -0.39 is 0 Å². The lowest BCUT2D eigenvalue weighted by Crippen LogP contribution is -2.14. The van der Waals surface area contributed by atoms with Crippen LogP contribution in [0.1, 0.15) is 31.2 Å². The second kappa shape index (κ2) is 8.90. The lowest BCUT2D eigenvalue weighted by Gasteiger charge is -2.05. The van der Waals surface area contributed by atoms with Crippen LogP contribution in [-0.4, -0.2) is 12.4 Å². The molecule has 1 nitrogen and oxygen atoms in total. The maximum Gasteiger partial charge on any atom is 0.124 e. The third-order valence-electron chi connectivity index (χ3n) is 2.49. The van der Waals surface area contributed by atoms with E-state index in [4.69, 9.17) is 11.6 Å². The quantitative estimate of drug-likeness (QED) is 0.550. The number of hydrogen-bond donors (Lipinski definition) is 1. The van der Waals surface area contributed by atoms with Crippen molar-refractivity contribution < 1.29 is 4.39 Å². The lowest BCUT2D eigenvalue weighted by molar-refractivity contribution is 0.592. The maximum absolute atomic E-state index is 13.1. The van der Waals surface area contributed by atoms with Crippen molar-refractivity contribution in [2.75, 3.05) is 12.4 Å². The van der Waals surface area contributed by atoms with E-state index in [0.717, 1.165) is 35.3 Å². The first-order chi connectivity index (χ1) is 8.22. The van der Waals surface area contributed by atoms with Crippen molar-refractivity contribution >= 4 is 27.5 Å². The van der Waals surface area contributed by atoms with Gasteiger partial charge in [-0.2, -0.15) is 0 Å². The van der Waals surface area contributed by atoms with Gasteiger partial charge in [0.2, 0.25) is 0 Å². The summed E-state index contributed by atoms with van der Waals surface area (Å²) in [5, 5.41) is 3.31. The molecule has 96 valence electrons. The first-order valence-electron chi connectivity index (χ1n) is 5.94. The monoisotopic (exact) mass is 321 g/mol. The Labute approximate surface area is 116 Å². The van der Waals surface area contributed by atoms with E-state index in [1.165, 1.54) is 18.9 Å². The molecule has 0 aliphatic carbocycles. The molecule has 0 amide bonds. The summed E-state index contributed by atoms with van der Waals surface area (Å²) in [4.78, 5) is 0. The van der Waals surface area contributed by atoms with Gasteiger partial charge in [-0.1, -0.05) is 28.8 Å². The van der Waals surface area contributed by atoms with Crippen LogP contribution in [0.4, 0.5) is 4.39 Å². The van der Waals surface area contributed by atoms with Crippen LogP contribution in [0, 0.1) is 5.82 Å². The summed E-state index contributed by atoms with van der Waals surface area (Å²) in [5.74, 6) is 0.559. The second-order valence-electron chi connectivity index (χ2n) is 4.06. The molecule has 0 spiro atoms. The fourth-order valence-corrected chi connectivity index (χ4v) is 2.35. The lowest BCUT2D eigenvalue weighted by atomic mass is 10.2. The van der Waals surface area contributed by atoms with Crippen LogP contribution in [0.3, 0.4) is 0 Å². The molecule has 0 saturated heterocycles. The zero-order valence-corrected chi connectivity index (χ0v) is 12.2. The minimum atomic E-state index is -0.196. The molecule has 0 aromatic heterocycles. The average molecular weight is 323 g/mol. The van der Waals surface area contributed by atoms with Crippen LogP contribution in [0.25, 0.3) is 0 Å². The number of alkyl halides is 1. The Morgan fingerprint density at radius 3 is 2.59 bits per heavy atom. The van der Waals surface area contributed by atoms with Gasteiger partial charge in [0.1, 0.15) is 5.82 Å². The van der Waals surface area contributed by atoms with E-state index in [9.17, 15) is 4.39 Å². The SMILES string of the molecule is Fc1cc(Br)cc(CNCCCCCCCl)c1. The minimum Gasteiger partial charge on any atom is -0.313 e. The predicted octanol–water partition coefficient (Wildman–Crippen LogP) is 4.48. The van der Waals surface area contributed by atoms with Crippen molar-refractivity contribution in [1.82, 2.24) is 5.32 Å². The summed E-state index contributed by atoms with van der Waals surface area (Å²) in [7, 11) is 0. The molecule has 1 aromatic carbocycles. The number of rotatable bonds is 8. The van der Waals surface area contributed by atoms with Gasteiger partial charge in [-0.15, -0.1) is 11.6 Å². The van der Waals surface area contributed by atoms with Crippen LogP contribution >= 0.6 is 27.5 Å². The fraction of sp³-hybridized carbons (Fsp3) is 0.538. The zero-order chi connectivity index (χ0) is 12.5. The van der Waals surface area contributed by atoms with E-state index in [2.05, 4.69) is 21.2 Å². The molecule has 0 aliphatic heterocycles. The van der Waals surface area contributed by atoms with E-state index in [0.29, 0.717) is 6.54 Å². The molecular weight excluding hydrogens is 305 g/mol. The normalized spacial score (nSPS) is 10.8. The molecule has 17 heavy (non-hydrogen) atoms. The molecule has 0 radical (unpaired) electrons. The Morgan fingerprint density at radius 1 is 1.12 bits per heavy atom. The largest absolute Gasteiger partial charge is 0.313 e. The highest BCUT2D eigenvalue weighted by molar-refractivity contribution is 9.10. The molecule has 1 rings (SSSR count). The van der Waals surface area contributed by atoms with E-state index >= 15 is 0 Å². The standard InChI is InChI=1S/C13H18BrClFN/c14-12-7-11(8-13(16)9-12)10-17-6-4-2-1-3-5-15/h7-9,17H,1-6,10H2. The van der Waals surface area contributed by atoms with Gasteiger partial charge in [0.05, 0.1) is 0 Å². The molecular formula is C13H18BrClFN. The molecule has 0 fully saturated rings. The van der Waals surface area contributed by atoms with E-state index in [1.54, 1.807) is 6.07 Å². The van der Waals surface area contributed by atoms with Gasteiger partial charge in [0.15, 0.2) is 0 Å². The van der Waals surface area contributed by atoms with Crippen LogP contribution in [0.15, 0.2) is 22.7 Å². The summed E-state index contributed by atoms with van der Waals surface area (Å²) in [6.45, 7) is 1.68. The smallest absolute Gasteiger partial charge is 0.124 e. The predicted molar refractivity (Wildman–Crippen MR) is 75.0 cm³/mol. The van der Waals surface area contributed by atoms with Crippen molar-refractivity contribution in [2.45, 2.75) is 32.2 Å². The van der Waals surface area contributed by atoms with Gasteiger partial charge >= 0.3 is 0 Å². The van der Waals surface area contributed by atoms with Crippen molar-refractivity contribution in [3.8, 4) is 0 Å². The van der Waals surface area contributed by atoms with Gasteiger partial charge in [0.25, 0.3) is 0 Å². The maximum atomic E-state index is 13.1. The third-order valence-corrected chi connectivity index (χ3v) is 3.21. The first-order valence-corrected chi connectivity index (χ1v) is 7.27. The van der Waals surface area contributed by atoms with Crippen molar-refractivity contribution in [3.05, 3.63) is 34.1 Å². The van der Waals surface area contributed by atoms with Crippen LogP contribution < -0.4 is 5.32 Å². The Kier molecular flexibility index (Phi) is 7.82. The van der Waals surface area contributed by atoms with Crippen molar-refractivity contribution in [2.24, 2.45) is 0 Å². The second-order valence-corrected chi connectivity index (χ2v) is 5.35. The summed E-state index contributed by atoms with van der Waals surface area (Å²) < 4.78 is 13.9. The number of nitrogens with one attached hydrogen (secondary N) is 1.